The van der Waals surface area contributed by atoms with E-state index in [1.54, 1.807) is 6.07 Å². The standard InChI is InChI=1S/C15H19N3O2S/c1-11-5-3-4-6-12(11)10-18(2)14-7-13(16)8-15(9-14)21(17,19)20/h3-9H,10,16H2,1-2H3,(H2,17,19,20). The first-order valence-electron chi connectivity index (χ1n) is 6.46. The van der Waals surface area contributed by atoms with Crippen molar-refractivity contribution in [2.45, 2.75) is 18.4 Å². The van der Waals surface area contributed by atoms with Crippen molar-refractivity contribution in [2.24, 2.45) is 5.14 Å². The van der Waals surface area contributed by atoms with Gasteiger partial charge in [-0.3, -0.25) is 0 Å². The molecule has 0 aliphatic heterocycles. The smallest absolute Gasteiger partial charge is 0.238 e. The highest BCUT2D eigenvalue weighted by Crippen LogP contribution is 2.24. The third-order valence-corrected chi connectivity index (χ3v) is 4.24. The van der Waals surface area contributed by atoms with E-state index in [-0.39, 0.29) is 4.90 Å². The molecule has 5 nitrogen and oxygen atoms in total. The van der Waals surface area contributed by atoms with Crippen LogP contribution in [0, 0.1) is 6.92 Å². The summed E-state index contributed by atoms with van der Waals surface area (Å²) in [5.74, 6) is 0. The fourth-order valence-corrected chi connectivity index (χ4v) is 2.71. The number of benzene rings is 2. The number of nitrogen functional groups attached to an aromatic ring is 1. The van der Waals surface area contributed by atoms with Crippen LogP contribution in [0.5, 0.6) is 0 Å². The molecule has 0 amide bonds. The molecule has 0 heterocycles. The van der Waals surface area contributed by atoms with Gasteiger partial charge >= 0.3 is 0 Å². The van der Waals surface area contributed by atoms with Gasteiger partial charge in [-0.25, -0.2) is 13.6 Å². The van der Waals surface area contributed by atoms with Gasteiger partial charge in [0.15, 0.2) is 0 Å². The van der Waals surface area contributed by atoms with Gasteiger partial charge in [-0.05, 0) is 36.2 Å². The van der Waals surface area contributed by atoms with E-state index < -0.39 is 10.0 Å². The maximum absolute atomic E-state index is 11.5. The number of hydrogen-bond donors (Lipinski definition) is 2. The van der Waals surface area contributed by atoms with Crippen LogP contribution in [0.25, 0.3) is 0 Å². The molecule has 0 saturated carbocycles. The Balaban J connectivity index is 2.34. The minimum absolute atomic E-state index is 0.0223. The molecule has 2 aromatic rings. The largest absolute Gasteiger partial charge is 0.399 e. The zero-order valence-electron chi connectivity index (χ0n) is 12.1. The predicted octanol–water partition coefficient (Wildman–Crippen LogP) is 1.86. The fraction of sp³-hybridized carbons (Fsp3) is 0.200. The molecule has 0 atom stereocenters. The first-order chi connectivity index (χ1) is 9.77. The van der Waals surface area contributed by atoms with E-state index in [4.69, 9.17) is 10.9 Å². The molecule has 0 aliphatic carbocycles. The van der Waals surface area contributed by atoms with Crippen molar-refractivity contribution in [3.05, 3.63) is 53.6 Å². The first kappa shape index (κ1) is 15.3. The van der Waals surface area contributed by atoms with Gasteiger partial charge in [-0.2, -0.15) is 0 Å². The molecule has 0 saturated heterocycles. The second kappa shape index (κ2) is 5.75. The monoisotopic (exact) mass is 305 g/mol. The van der Waals surface area contributed by atoms with Crippen molar-refractivity contribution in [3.8, 4) is 0 Å². The van der Waals surface area contributed by atoms with E-state index in [1.165, 1.54) is 23.3 Å². The summed E-state index contributed by atoms with van der Waals surface area (Å²) in [6.45, 7) is 2.69. The van der Waals surface area contributed by atoms with Crippen molar-refractivity contribution < 1.29 is 8.42 Å². The molecular formula is C15H19N3O2S. The zero-order valence-corrected chi connectivity index (χ0v) is 12.9. The average molecular weight is 305 g/mol. The molecule has 2 aromatic carbocycles. The van der Waals surface area contributed by atoms with Crippen LogP contribution >= 0.6 is 0 Å². The molecule has 0 aliphatic rings. The van der Waals surface area contributed by atoms with Gasteiger partial charge in [0, 0.05) is 25.0 Å². The van der Waals surface area contributed by atoms with Crippen molar-refractivity contribution >= 4 is 21.4 Å². The predicted molar refractivity (Wildman–Crippen MR) is 85.5 cm³/mol. The minimum atomic E-state index is -3.77. The SMILES string of the molecule is Cc1ccccc1CN(C)c1cc(N)cc(S(N)(=O)=O)c1. The Morgan fingerprint density at radius 2 is 1.81 bits per heavy atom. The minimum Gasteiger partial charge on any atom is -0.399 e. The Hall–Kier alpha value is -2.05. The maximum Gasteiger partial charge on any atom is 0.238 e. The summed E-state index contributed by atoms with van der Waals surface area (Å²) in [6, 6.07) is 12.7. The van der Waals surface area contributed by atoms with E-state index in [9.17, 15) is 8.42 Å². The fourth-order valence-electron chi connectivity index (χ4n) is 2.12. The van der Waals surface area contributed by atoms with Gasteiger partial charge in [0.2, 0.25) is 10.0 Å². The van der Waals surface area contributed by atoms with Gasteiger partial charge in [-0.1, -0.05) is 24.3 Å². The third kappa shape index (κ3) is 3.74. The summed E-state index contributed by atoms with van der Waals surface area (Å²) in [6.07, 6.45) is 0. The summed E-state index contributed by atoms with van der Waals surface area (Å²) < 4.78 is 23.0. The second-order valence-electron chi connectivity index (χ2n) is 5.09. The Bertz CT molecular complexity index is 757. The lowest BCUT2D eigenvalue weighted by Crippen LogP contribution is -2.19. The van der Waals surface area contributed by atoms with Crippen molar-refractivity contribution in [3.63, 3.8) is 0 Å². The summed E-state index contributed by atoms with van der Waals surface area (Å²) in [5.41, 5.74) is 9.20. The van der Waals surface area contributed by atoms with Crippen LogP contribution in [0.1, 0.15) is 11.1 Å². The van der Waals surface area contributed by atoms with Crippen LogP contribution < -0.4 is 15.8 Å². The van der Waals surface area contributed by atoms with E-state index in [2.05, 4.69) is 0 Å². The molecule has 0 aromatic heterocycles. The van der Waals surface area contributed by atoms with Crippen LogP contribution in [-0.2, 0) is 16.6 Å². The number of hydrogen-bond acceptors (Lipinski definition) is 4. The summed E-state index contributed by atoms with van der Waals surface area (Å²) in [5, 5.41) is 5.17. The normalized spacial score (nSPS) is 11.4. The van der Waals surface area contributed by atoms with Gasteiger partial charge < -0.3 is 10.6 Å². The third-order valence-electron chi connectivity index (χ3n) is 3.35. The van der Waals surface area contributed by atoms with E-state index in [0.717, 1.165) is 0 Å². The molecule has 0 radical (unpaired) electrons. The molecule has 0 spiro atoms. The van der Waals surface area contributed by atoms with Crippen LogP contribution in [0.2, 0.25) is 0 Å². The van der Waals surface area contributed by atoms with Crippen LogP contribution in [0.15, 0.2) is 47.4 Å². The number of rotatable bonds is 4. The van der Waals surface area contributed by atoms with Gasteiger partial charge in [0.05, 0.1) is 4.90 Å². The molecule has 4 N–H and O–H groups in total. The molecule has 2 rings (SSSR count). The molecule has 0 fully saturated rings. The van der Waals surface area contributed by atoms with Gasteiger partial charge in [0.1, 0.15) is 0 Å². The number of nitrogens with two attached hydrogens (primary N) is 2. The van der Waals surface area contributed by atoms with E-state index in [0.29, 0.717) is 17.9 Å². The van der Waals surface area contributed by atoms with Gasteiger partial charge in [0.25, 0.3) is 0 Å². The number of nitrogens with zero attached hydrogens (tertiary/aromatic N) is 1. The molecule has 0 unspecified atom stereocenters. The number of sulfonamides is 1. The molecular weight excluding hydrogens is 286 g/mol. The average Bonchev–Trinajstić information content (AvgIpc) is 2.39. The van der Waals surface area contributed by atoms with E-state index in [1.807, 2.05) is 43.1 Å². The van der Waals surface area contributed by atoms with Gasteiger partial charge in [-0.15, -0.1) is 0 Å². The Morgan fingerprint density at radius 3 is 2.43 bits per heavy atom. The van der Waals surface area contributed by atoms with Crippen LogP contribution in [0.4, 0.5) is 11.4 Å². The highest BCUT2D eigenvalue weighted by Gasteiger charge is 2.12. The topological polar surface area (TPSA) is 89.4 Å². The highest BCUT2D eigenvalue weighted by atomic mass is 32.2. The molecule has 0 bridgehead atoms. The Kier molecular flexibility index (Phi) is 4.20. The van der Waals surface area contributed by atoms with Crippen LogP contribution in [0.3, 0.4) is 0 Å². The van der Waals surface area contributed by atoms with E-state index >= 15 is 0 Å². The van der Waals surface area contributed by atoms with Crippen molar-refractivity contribution in [2.75, 3.05) is 17.7 Å². The zero-order chi connectivity index (χ0) is 15.6. The lowest BCUT2D eigenvalue weighted by atomic mass is 10.1. The second-order valence-corrected chi connectivity index (χ2v) is 6.65. The first-order valence-corrected chi connectivity index (χ1v) is 8.01. The Labute approximate surface area is 125 Å². The number of primary sulfonamides is 1. The summed E-state index contributed by atoms with van der Waals surface area (Å²) in [4.78, 5) is 1.96. The van der Waals surface area contributed by atoms with Crippen molar-refractivity contribution in [1.82, 2.24) is 0 Å². The number of aryl methyl sites for hydroxylation is 1. The quantitative estimate of drug-likeness (QED) is 0.844. The van der Waals surface area contributed by atoms with Crippen molar-refractivity contribution in [1.29, 1.82) is 0 Å². The molecule has 6 heteroatoms. The molecule has 21 heavy (non-hydrogen) atoms. The lowest BCUT2D eigenvalue weighted by molar-refractivity contribution is 0.598. The summed E-state index contributed by atoms with van der Waals surface area (Å²) in [7, 11) is -1.89. The molecule has 112 valence electrons. The summed E-state index contributed by atoms with van der Waals surface area (Å²) >= 11 is 0. The highest BCUT2D eigenvalue weighted by molar-refractivity contribution is 7.89. The number of anilines is 2. The lowest BCUT2D eigenvalue weighted by Gasteiger charge is -2.21. The van der Waals surface area contributed by atoms with Crippen LogP contribution in [-0.4, -0.2) is 15.5 Å². The maximum atomic E-state index is 11.5. The Morgan fingerprint density at radius 1 is 1.14 bits per heavy atom.